The highest BCUT2D eigenvalue weighted by Crippen LogP contribution is 2.35. The lowest BCUT2D eigenvalue weighted by molar-refractivity contribution is -0.384. The quantitative estimate of drug-likeness (QED) is 0.422. The van der Waals surface area contributed by atoms with Crippen molar-refractivity contribution in [3.05, 3.63) is 64.2 Å². The zero-order valence-corrected chi connectivity index (χ0v) is 12.5. The van der Waals surface area contributed by atoms with Crippen molar-refractivity contribution in [1.82, 2.24) is 9.97 Å². The zero-order valence-electron chi connectivity index (χ0n) is 11.7. The first kappa shape index (κ1) is 15.0. The number of benzene rings is 2. The van der Waals surface area contributed by atoms with Crippen molar-refractivity contribution < 1.29 is 14.8 Å². The summed E-state index contributed by atoms with van der Waals surface area (Å²) in [5.41, 5.74) is 1.65. The van der Waals surface area contributed by atoms with Gasteiger partial charge in [-0.25, -0.2) is 4.98 Å². The molecule has 7 nitrogen and oxygen atoms in total. The van der Waals surface area contributed by atoms with Gasteiger partial charge in [-0.2, -0.15) is 0 Å². The van der Waals surface area contributed by atoms with Gasteiger partial charge in [-0.1, -0.05) is 42.1 Å². The minimum Gasteiger partial charge on any atom is -0.480 e. The number of hydrogen-bond acceptors (Lipinski definition) is 5. The van der Waals surface area contributed by atoms with Gasteiger partial charge in [0.15, 0.2) is 5.16 Å². The molecule has 0 saturated heterocycles. The van der Waals surface area contributed by atoms with Crippen LogP contribution in [0.1, 0.15) is 10.8 Å². The maximum atomic E-state index is 11.5. The summed E-state index contributed by atoms with van der Waals surface area (Å²) in [6.07, 6.45) is 0. The molecule has 0 aliphatic heterocycles. The number of H-pyrrole nitrogens is 1. The molecule has 0 saturated carbocycles. The normalized spacial score (nSPS) is 12.2. The Morgan fingerprint density at radius 3 is 2.65 bits per heavy atom. The molecule has 0 spiro atoms. The highest BCUT2D eigenvalue weighted by atomic mass is 32.2. The number of aliphatic carboxylic acids is 1. The van der Waals surface area contributed by atoms with Gasteiger partial charge in [0.05, 0.1) is 16.0 Å². The molecule has 3 rings (SSSR count). The van der Waals surface area contributed by atoms with Gasteiger partial charge in [-0.3, -0.25) is 14.9 Å². The molecule has 1 unspecified atom stereocenters. The van der Waals surface area contributed by atoms with Crippen molar-refractivity contribution in [2.24, 2.45) is 0 Å². The van der Waals surface area contributed by atoms with Gasteiger partial charge < -0.3 is 10.1 Å². The molecule has 0 bridgehead atoms. The van der Waals surface area contributed by atoms with E-state index in [2.05, 4.69) is 9.97 Å². The van der Waals surface area contributed by atoms with Gasteiger partial charge in [-0.15, -0.1) is 0 Å². The summed E-state index contributed by atoms with van der Waals surface area (Å²) in [5.74, 6) is -0.979. The summed E-state index contributed by atoms with van der Waals surface area (Å²) in [6.45, 7) is 0. The number of carbonyl (C=O) groups is 1. The number of non-ortho nitro benzene ring substituents is 1. The van der Waals surface area contributed by atoms with Crippen LogP contribution in [0.2, 0.25) is 0 Å². The lowest BCUT2D eigenvalue weighted by Crippen LogP contribution is -2.08. The molecule has 0 amide bonds. The Hall–Kier alpha value is -2.87. The Morgan fingerprint density at radius 1 is 1.26 bits per heavy atom. The summed E-state index contributed by atoms with van der Waals surface area (Å²) < 4.78 is 0. The maximum absolute atomic E-state index is 11.5. The second-order valence-electron chi connectivity index (χ2n) is 4.75. The van der Waals surface area contributed by atoms with E-state index in [1.807, 2.05) is 6.07 Å². The van der Waals surface area contributed by atoms with Crippen molar-refractivity contribution in [2.75, 3.05) is 0 Å². The molecular weight excluding hydrogens is 318 g/mol. The van der Waals surface area contributed by atoms with E-state index in [9.17, 15) is 20.0 Å². The first-order chi connectivity index (χ1) is 11.0. The number of aromatic nitrogens is 2. The van der Waals surface area contributed by atoms with Crippen molar-refractivity contribution in [1.29, 1.82) is 0 Å². The van der Waals surface area contributed by atoms with Gasteiger partial charge in [0.25, 0.3) is 5.69 Å². The highest BCUT2D eigenvalue weighted by Gasteiger charge is 2.23. The fraction of sp³-hybridized carbons (Fsp3) is 0.0667. The van der Waals surface area contributed by atoms with Crippen molar-refractivity contribution in [2.45, 2.75) is 10.4 Å². The third kappa shape index (κ3) is 3.16. The molecule has 116 valence electrons. The minimum absolute atomic E-state index is 0.0458. The number of thioether (sulfide) groups is 1. The number of nitro groups is 1. The Kier molecular flexibility index (Phi) is 3.98. The third-order valence-corrected chi connectivity index (χ3v) is 4.34. The number of hydrogen-bond donors (Lipinski definition) is 2. The molecule has 1 heterocycles. The van der Waals surface area contributed by atoms with Crippen LogP contribution in [-0.2, 0) is 4.79 Å². The van der Waals surface area contributed by atoms with Crippen LogP contribution in [0.15, 0.2) is 53.7 Å². The Labute approximate surface area is 134 Å². The molecule has 0 radical (unpaired) electrons. The van der Waals surface area contributed by atoms with E-state index in [0.29, 0.717) is 21.8 Å². The second kappa shape index (κ2) is 6.09. The number of nitrogens with one attached hydrogen (secondary N) is 1. The second-order valence-corrected chi connectivity index (χ2v) is 5.84. The van der Waals surface area contributed by atoms with Crippen molar-refractivity contribution >= 4 is 34.5 Å². The first-order valence-corrected chi connectivity index (χ1v) is 7.51. The van der Waals surface area contributed by atoms with Crippen LogP contribution in [0.5, 0.6) is 0 Å². The van der Waals surface area contributed by atoms with Gasteiger partial charge in [-0.05, 0) is 11.6 Å². The lowest BCUT2D eigenvalue weighted by atomic mass is 10.1. The number of carboxylic acids is 1. The smallest absolute Gasteiger partial charge is 0.321 e. The SMILES string of the molecule is O=C(O)C(Sc1nc2ccc([N+](=O)[O-])cc2[nH]1)c1ccccc1. The molecule has 1 atom stereocenters. The molecule has 3 aromatic rings. The van der Waals surface area contributed by atoms with E-state index >= 15 is 0 Å². The lowest BCUT2D eigenvalue weighted by Gasteiger charge is -2.10. The fourth-order valence-corrected chi connectivity index (χ4v) is 3.08. The van der Waals surface area contributed by atoms with Gasteiger partial charge >= 0.3 is 5.97 Å². The van der Waals surface area contributed by atoms with Crippen LogP contribution in [-0.4, -0.2) is 26.0 Å². The van der Waals surface area contributed by atoms with Crippen LogP contribution in [0, 0.1) is 10.1 Å². The zero-order chi connectivity index (χ0) is 16.4. The molecular formula is C15H11N3O4S. The van der Waals surface area contributed by atoms with E-state index in [4.69, 9.17) is 0 Å². The summed E-state index contributed by atoms with van der Waals surface area (Å²) in [7, 11) is 0. The predicted octanol–water partition coefficient (Wildman–Crippen LogP) is 3.39. The number of aromatic amines is 1. The largest absolute Gasteiger partial charge is 0.480 e. The summed E-state index contributed by atoms with van der Waals surface area (Å²) in [4.78, 5) is 29.0. The number of imidazole rings is 1. The molecule has 1 aromatic heterocycles. The Morgan fingerprint density at radius 2 is 2.00 bits per heavy atom. The van der Waals surface area contributed by atoms with Crippen molar-refractivity contribution in [3.63, 3.8) is 0 Å². The molecule has 2 aromatic carbocycles. The average Bonchev–Trinajstić information content (AvgIpc) is 2.94. The monoisotopic (exact) mass is 329 g/mol. The van der Waals surface area contributed by atoms with Gasteiger partial charge in [0.2, 0.25) is 0 Å². The minimum atomic E-state index is -0.979. The average molecular weight is 329 g/mol. The molecule has 0 fully saturated rings. The maximum Gasteiger partial charge on any atom is 0.321 e. The van der Waals surface area contributed by atoms with E-state index in [-0.39, 0.29) is 5.69 Å². The molecule has 23 heavy (non-hydrogen) atoms. The molecule has 2 N–H and O–H groups in total. The molecule has 0 aliphatic rings. The fourth-order valence-electron chi connectivity index (χ4n) is 2.14. The van der Waals surface area contributed by atoms with E-state index in [0.717, 1.165) is 11.8 Å². The van der Waals surface area contributed by atoms with E-state index in [1.54, 1.807) is 24.3 Å². The molecule has 0 aliphatic carbocycles. The van der Waals surface area contributed by atoms with Crippen LogP contribution < -0.4 is 0 Å². The van der Waals surface area contributed by atoms with Crippen molar-refractivity contribution in [3.8, 4) is 0 Å². The van der Waals surface area contributed by atoms with Gasteiger partial charge in [0.1, 0.15) is 5.25 Å². The molecule has 8 heteroatoms. The Bertz CT molecular complexity index is 879. The highest BCUT2D eigenvalue weighted by molar-refractivity contribution is 8.00. The number of carboxylic acid groups (broad SMARTS) is 1. The van der Waals surface area contributed by atoms with Gasteiger partial charge in [0, 0.05) is 12.1 Å². The number of rotatable bonds is 5. The van der Waals surface area contributed by atoms with E-state index < -0.39 is 16.1 Å². The predicted molar refractivity (Wildman–Crippen MR) is 85.4 cm³/mol. The number of nitro benzene ring substituents is 1. The number of fused-ring (bicyclic) bond motifs is 1. The first-order valence-electron chi connectivity index (χ1n) is 6.63. The van der Waals surface area contributed by atoms with E-state index in [1.165, 1.54) is 18.2 Å². The Balaban J connectivity index is 1.93. The van der Waals surface area contributed by atoms with Crippen LogP contribution in [0.4, 0.5) is 5.69 Å². The summed E-state index contributed by atoms with van der Waals surface area (Å²) in [5, 5.41) is 19.8. The summed E-state index contributed by atoms with van der Waals surface area (Å²) in [6, 6.07) is 13.1. The van der Waals surface area contributed by atoms with Crippen LogP contribution in [0.25, 0.3) is 11.0 Å². The number of nitrogens with zero attached hydrogens (tertiary/aromatic N) is 2. The van der Waals surface area contributed by atoms with Crippen LogP contribution in [0.3, 0.4) is 0 Å². The topological polar surface area (TPSA) is 109 Å². The van der Waals surface area contributed by atoms with Crippen LogP contribution >= 0.6 is 11.8 Å². The third-order valence-electron chi connectivity index (χ3n) is 3.21. The summed E-state index contributed by atoms with van der Waals surface area (Å²) >= 11 is 1.05. The standard InChI is InChI=1S/C15H11N3O4S/c19-14(20)13(9-4-2-1-3-5-9)23-15-16-11-7-6-10(18(21)22)8-12(11)17-15/h1-8,13H,(H,16,17)(H,19,20).